The summed E-state index contributed by atoms with van der Waals surface area (Å²) in [5, 5.41) is 10.6. The minimum absolute atomic E-state index is 0.156. The molecule has 0 amide bonds. The van der Waals surface area contributed by atoms with E-state index in [0.29, 0.717) is 5.56 Å². The van der Waals surface area contributed by atoms with E-state index in [2.05, 4.69) is 22.6 Å². The molecule has 0 aliphatic heterocycles. The molecule has 0 aliphatic carbocycles. The van der Waals surface area contributed by atoms with Gasteiger partial charge in [0.1, 0.15) is 0 Å². The molecule has 0 spiro atoms. The first-order valence-electron chi connectivity index (χ1n) is 3.71. The van der Waals surface area contributed by atoms with E-state index in [-0.39, 0.29) is 10.6 Å². The molecule has 0 radical (unpaired) electrons. The molecule has 68 valence electrons. The molecule has 1 aromatic carbocycles. The lowest BCUT2D eigenvalue weighted by Crippen LogP contribution is -1.90. The lowest BCUT2D eigenvalue weighted by molar-refractivity contribution is -0.385. The van der Waals surface area contributed by atoms with Gasteiger partial charge in [0.15, 0.2) is 0 Å². The number of para-hydroxylation sites is 1. The maximum atomic E-state index is 10.6. The van der Waals surface area contributed by atoms with Crippen molar-refractivity contribution in [2.45, 2.75) is 0 Å². The van der Waals surface area contributed by atoms with E-state index >= 15 is 0 Å². The highest BCUT2D eigenvalue weighted by Crippen LogP contribution is 2.18. The zero-order valence-corrected chi connectivity index (χ0v) is 8.97. The average Bonchev–Trinajstić information content (AvgIpc) is 2.15. The summed E-state index contributed by atoms with van der Waals surface area (Å²) in [6.45, 7) is 0. The minimum Gasteiger partial charge on any atom is -0.258 e. The molecule has 0 aliphatic rings. The Balaban J connectivity index is 3.05. The van der Waals surface area contributed by atoms with Crippen molar-refractivity contribution in [3.8, 4) is 0 Å². The first kappa shape index (κ1) is 10.2. The summed E-state index contributed by atoms with van der Waals surface area (Å²) in [4.78, 5) is 10.2. The number of allylic oxidation sites excluding steroid dienone is 1. The summed E-state index contributed by atoms with van der Waals surface area (Å²) in [5.74, 6) is 0. The van der Waals surface area contributed by atoms with E-state index in [1.54, 1.807) is 24.3 Å². The Kier molecular flexibility index (Phi) is 3.88. The Morgan fingerprint density at radius 3 is 2.77 bits per heavy atom. The van der Waals surface area contributed by atoms with Crippen molar-refractivity contribution in [3.05, 3.63) is 46.0 Å². The maximum absolute atomic E-state index is 10.6. The monoisotopic (exact) mass is 289 g/mol. The van der Waals surface area contributed by atoms with Crippen LogP contribution in [0.1, 0.15) is 5.56 Å². The fourth-order valence-corrected chi connectivity index (χ4v) is 1.22. The smallest absolute Gasteiger partial charge is 0.258 e. The van der Waals surface area contributed by atoms with E-state index in [9.17, 15) is 10.1 Å². The third-order valence-electron chi connectivity index (χ3n) is 1.52. The van der Waals surface area contributed by atoms with E-state index in [0.717, 1.165) is 4.43 Å². The molecule has 0 heterocycles. The Bertz CT molecular complexity index is 336. The molecule has 0 saturated carbocycles. The molecular formula is C9H8INO2. The number of nitro benzene ring substituents is 1. The molecule has 0 fully saturated rings. The highest BCUT2D eigenvalue weighted by molar-refractivity contribution is 14.1. The van der Waals surface area contributed by atoms with Crippen LogP contribution in [0.3, 0.4) is 0 Å². The quantitative estimate of drug-likeness (QED) is 0.371. The van der Waals surface area contributed by atoms with Crippen LogP contribution in [-0.4, -0.2) is 9.35 Å². The van der Waals surface area contributed by atoms with Crippen molar-refractivity contribution in [3.63, 3.8) is 0 Å². The topological polar surface area (TPSA) is 43.1 Å². The fraction of sp³-hybridized carbons (Fsp3) is 0.111. The summed E-state index contributed by atoms with van der Waals surface area (Å²) in [5.41, 5.74) is 0.813. The van der Waals surface area contributed by atoms with Gasteiger partial charge in [0.05, 0.1) is 10.5 Å². The minimum atomic E-state index is -0.368. The average molecular weight is 289 g/mol. The molecule has 0 bridgehead atoms. The largest absolute Gasteiger partial charge is 0.276 e. The van der Waals surface area contributed by atoms with Gasteiger partial charge < -0.3 is 0 Å². The van der Waals surface area contributed by atoms with Crippen molar-refractivity contribution >= 4 is 34.4 Å². The molecule has 0 atom stereocenters. The van der Waals surface area contributed by atoms with Crippen molar-refractivity contribution in [1.82, 2.24) is 0 Å². The lowest BCUT2D eigenvalue weighted by Gasteiger charge is -1.95. The molecule has 0 unspecified atom stereocenters. The Morgan fingerprint density at radius 1 is 1.46 bits per heavy atom. The summed E-state index contributed by atoms with van der Waals surface area (Å²) < 4.78 is 0.851. The second-order valence-corrected chi connectivity index (χ2v) is 3.25. The zero-order valence-electron chi connectivity index (χ0n) is 6.81. The summed E-state index contributed by atoms with van der Waals surface area (Å²) in [7, 11) is 0. The van der Waals surface area contributed by atoms with Crippen molar-refractivity contribution in [2.24, 2.45) is 0 Å². The Hall–Kier alpha value is -0.910. The van der Waals surface area contributed by atoms with Gasteiger partial charge in [-0.3, -0.25) is 10.1 Å². The molecular weight excluding hydrogens is 281 g/mol. The number of hydrogen-bond acceptors (Lipinski definition) is 2. The van der Waals surface area contributed by atoms with E-state index in [1.165, 1.54) is 6.07 Å². The number of nitrogens with zero attached hydrogens (tertiary/aromatic N) is 1. The van der Waals surface area contributed by atoms with Gasteiger partial charge in [-0.1, -0.05) is 46.9 Å². The van der Waals surface area contributed by atoms with Crippen LogP contribution < -0.4 is 0 Å². The first-order chi connectivity index (χ1) is 6.25. The number of nitro groups is 1. The van der Waals surface area contributed by atoms with Crippen LogP contribution >= 0.6 is 22.6 Å². The number of benzene rings is 1. The van der Waals surface area contributed by atoms with Gasteiger partial charge in [0.2, 0.25) is 0 Å². The molecule has 1 rings (SSSR count). The summed E-state index contributed by atoms with van der Waals surface area (Å²) in [6.07, 6.45) is 3.66. The predicted octanol–water partition coefficient (Wildman–Crippen LogP) is 3.04. The van der Waals surface area contributed by atoms with Crippen LogP contribution in [0.15, 0.2) is 30.3 Å². The van der Waals surface area contributed by atoms with Crippen molar-refractivity contribution < 1.29 is 4.92 Å². The molecule has 0 N–H and O–H groups in total. The normalized spacial score (nSPS) is 10.5. The number of hydrogen-bond donors (Lipinski definition) is 0. The molecule has 4 heteroatoms. The lowest BCUT2D eigenvalue weighted by atomic mass is 10.2. The van der Waals surface area contributed by atoms with Crippen LogP contribution in [0, 0.1) is 10.1 Å². The maximum Gasteiger partial charge on any atom is 0.276 e. The second kappa shape index (κ2) is 4.96. The van der Waals surface area contributed by atoms with E-state index < -0.39 is 0 Å². The number of halogens is 1. The fourth-order valence-electron chi connectivity index (χ4n) is 0.966. The van der Waals surface area contributed by atoms with Gasteiger partial charge in [0, 0.05) is 10.5 Å². The molecule has 3 nitrogen and oxygen atoms in total. The van der Waals surface area contributed by atoms with Gasteiger partial charge in [-0.05, 0) is 6.07 Å². The zero-order chi connectivity index (χ0) is 9.68. The third-order valence-corrected chi connectivity index (χ3v) is 2.03. The Labute approximate surface area is 89.8 Å². The first-order valence-corrected chi connectivity index (χ1v) is 5.24. The van der Waals surface area contributed by atoms with Crippen LogP contribution in [0.2, 0.25) is 0 Å². The van der Waals surface area contributed by atoms with Gasteiger partial charge in [-0.25, -0.2) is 0 Å². The second-order valence-electron chi connectivity index (χ2n) is 2.37. The van der Waals surface area contributed by atoms with E-state index in [4.69, 9.17) is 0 Å². The van der Waals surface area contributed by atoms with Crippen LogP contribution in [-0.2, 0) is 0 Å². The Morgan fingerprint density at radius 2 is 2.15 bits per heavy atom. The summed E-state index contributed by atoms with van der Waals surface area (Å²) >= 11 is 2.19. The molecule has 13 heavy (non-hydrogen) atoms. The molecule has 0 saturated heterocycles. The van der Waals surface area contributed by atoms with Crippen LogP contribution in [0.25, 0.3) is 6.08 Å². The van der Waals surface area contributed by atoms with E-state index in [1.807, 2.05) is 6.08 Å². The van der Waals surface area contributed by atoms with Gasteiger partial charge in [0.25, 0.3) is 5.69 Å². The predicted molar refractivity (Wildman–Crippen MR) is 61.0 cm³/mol. The molecule has 1 aromatic rings. The van der Waals surface area contributed by atoms with Gasteiger partial charge in [-0.2, -0.15) is 0 Å². The highest BCUT2D eigenvalue weighted by Gasteiger charge is 2.08. The highest BCUT2D eigenvalue weighted by atomic mass is 127. The van der Waals surface area contributed by atoms with Crippen molar-refractivity contribution in [2.75, 3.05) is 4.43 Å². The SMILES string of the molecule is O=[N+]([O-])c1ccccc1/C=C/CI. The number of alkyl halides is 1. The van der Waals surface area contributed by atoms with Crippen LogP contribution in [0.5, 0.6) is 0 Å². The van der Waals surface area contributed by atoms with Gasteiger partial charge >= 0.3 is 0 Å². The van der Waals surface area contributed by atoms with Crippen LogP contribution in [0.4, 0.5) is 5.69 Å². The van der Waals surface area contributed by atoms with Crippen molar-refractivity contribution in [1.29, 1.82) is 0 Å². The molecule has 0 aromatic heterocycles. The summed E-state index contributed by atoms with van der Waals surface area (Å²) in [6, 6.07) is 6.70. The standard InChI is InChI=1S/C9H8INO2/c10-7-3-5-8-4-1-2-6-9(8)11(12)13/h1-6H,7H2/b5-3+. The number of rotatable bonds is 3. The van der Waals surface area contributed by atoms with Gasteiger partial charge in [-0.15, -0.1) is 0 Å². The third kappa shape index (κ3) is 2.80.